The lowest BCUT2D eigenvalue weighted by Crippen LogP contribution is -2.50. The van der Waals surface area contributed by atoms with Gasteiger partial charge in [0.2, 0.25) is 0 Å². The summed E-state index contributed by atoms with van der Waals surface area (Å²) in [5, 5.41) is 3.52. The van der Waals surface area contributed by atoms with Crippen molar-refractivity contribution in [3.8, 4) is 0 Å². The predicted molar refractivity (Wildman–Crippen MR) is 43.9 cm³/mol. The van der Waals surface area contributed by atoms with Gasteiger partial charge in [0.25, 0.3) is 0 Å². The van der Waals surface area contributed by atoms with Crippen LogP contribution in [-0.2, 0) is 0 Å². The van der Waals surface area contributed by atoms with Gasteiger partial charge >= 0.3 is 0 Å². The van der Waals surface area contributed by atoms with Gasteiger partial charge in [-0.3, -0.25) is 0 Å². The molecule has 1 unspecified atom stereocenters. The highest BCUT2D eigenvalue weighted by molar-refractivity contribution is 4.88. The molecule has 2 nitrogen and oxygen atoms in total. The molecule has 10 heavy (non-hydrogen) atoms. The van der Waals surface area contributed by atoms with Crippen LogP contribution in [-0.4, -0.2) is 18.1 Å². The second-order valence-corrected chi connectivity index (χ2v) is 3.40. The van der Waals surface area contributed by atoms with E-state index in [1.807, 2.05) is 0 Å². The minimum absolute atomic E-state index is 0.474. The van der Waals surface area contributed by atoms with Gasteiger partial charge in [0.05, 0.1) is 0 Å². The Morgan fingerprint density at radius 2 is 2.20 bits per heavy atom. The highest BCUT2D eigenvalue weighted by Gasteiger charge is 2.25. The molecule has 1 saturated carbocycles. The summed E-state index contributed by atoms with van der Waals surface area (Å²) >= 11 is 0. The van der Waals surface area contributed by atoms with Crippen molar-refractivity contribution >= 4 is 0 Å². The van der Waals surface area contributed by atoms with Crippen LogP contribution in [0.5, 0.6) is 0 Å². The van der Waals surface area contributed by atoms with Gasteiger partial charge in [-0.25, -0.2) is 0 Å². The standard InChI is InChI=1S/C8H18N2/c1-3-6(2)10-8-4-7(9)5-8/h6-8,10H,3-5,9H2,1-2H3. The van der Waals surface area contributed by atoms with Crippen molar-refractivity contribution in [2.75, 3.05) is 0 Å². The lowest BCUT2D eigenvalue weighted by Gasteiger charge is -2.35. The van der Waals surface area contributed by atoms with Gasteiger partial charge in [0.1, 0.15) is 0 Å². The molecule has 3 N–H and O–H groups in total. The Kier molecular flexibility index (Phi) is 2.69. The minimum Gasteiger partial charge on any atom is -0.328 e. The molecule has 2 heteroatoms. The van der Waals surface area contributed by atoms with Crippen molar-refractivity contribution in [1.82, 2.24) is 5.32 Å². The molecule has 0 amide bonds. The fraction of sp³-hybridized carbons (Fsp3) is 1.00. The van der Waals surface area contributed by atoms with Crippen LogP contribution in [0.3, 0.4) is 0 Å². The smallest absolute Gasteiger partial charge is 0.00990 e. The van der Waals surface area contributed by atoms with E-state index in [1.54, 1.807) is 0 Å². The van der Waals surface area contributed by atoms with E-state index >= 15 is 0 Å². The van der Waals surface area contributed by atoms with Crippen molar-refractivity contribution in [3.63, 3.8) is 0 Å². The normalized spacial score (nSPS) is 35.1. The quantitative estimate of drug-likeness (QED) is 0.613. The van der Waals surface area contributed by atoms with Crippen LogP contribution in [0.1, 0.15) is 33.1 Å². The molecule has 0 aromatic carbocycles. The van der Waals surface area contributed by atoms with Gasteiger partial charge in [0.15, 0.2) is 0 Å². The molecule has 1 aliphatic rings. The number of hydrogen-bond donors (Lipinski definition) is 2. The average molecular weight is 142 g/mol. The van der Waals surface area contributed by atoms with Crippen molar-refractivity contribution < 1.29 is 0 Å². The van der Waals surface area contributed by atoms with E-state index in [9.17, 15) is 0 Å². The van der Waals surface area contributed by atoms with Crippen molar-refractivity contribution in [2.24, 2.45) is 5.73 Å². The lowest BCUT2D eigenvalue weighted by atomic mass is 9.87. The predicted octanol–water partition coefficient (Wildman–Crippen LogP) is 0.864. The SMILES string of the molecule is CCC(C)NC1CC(N)C1. The third kappa shape index (κ3) is 1.96. The molecule has 1 atom stereocenters. The first-order valence-electron chi connectivity index (χ1n) is 4.24. The van der Waals surface area contributed by atoms with Crippen molar-refractivity contribution in [2.45, 2.75) is 51.2 Å². The van der Waals surface area contributed by atoms with E-state index in [-0.39, 0.29) is 0 Å². The summed E-state index contributed by atoms with van der Waals surface area (Å²) < 4.78 is 0. The molecule has 1 rings (SSSR count). The number of rotatable bonds is 3. The maximum atomic E-state index is 5.65. The Balaban J connectivity index is 2.04. The maximum absolute atomic E-state index is 5.65. The first kappa shape index (κ1) is 8.02. The van der Waals surface area contributed by atoms with Crippen LogP contribution >= 0.6 is 0 Å². The van der Waals surface area contributed by atoms with Gasteiger partial charge < -0.3 is 11.1 Å². The first-order chi connectivity index (χ1) is 4.72. The third-order valence-electron chi connectivity index (χ3n) is 2.31. The Labute approximate surface area is 63.2 Å². The van der Waals surface area contributed by atoms with E-state index in [4.69, 9.17) is 5.73 Å². The topological polar surface area (TPSA) is 38.0 Å². The summed E-state index contributed by atoms with van der Waals surface area (Å²) in [6.45, 7) is 4.43. The fourth-order valence-electron chi connectivity index (χ4n) is 1.32. The summed E-state index contributed by atoms with van der Waals surface area (Å²) in [7, 11) is 0. The molecule has 0 aromatic heterocycles. The second-order valence-electron chi connectivity index (χ2n) is 3.40. The number of hydrogen-bond acceptors (Lipinski definition) is 2. The summed E-state index contributed by atoms with van der Waals surface area (Å²) in [6.07, 6.45) is 3.56. The molecule has 1 aliphatic carbocycles. The van der Waals surface area contributed by atoms with Crippen LogP contribution in [0.4, 0.5) is 0 Å². The molecule has 0 heterocycles. The molecule has 1 fully saturated rings. The van der Waals surface area contributed by atoms with E-state index in [2.05, 4.69) is 19.2 Å². The third-order valence-corrected chi connectivity index (χ3v) is 2.31. The van der Waals surface area contributed by atoms with Gasteiger partial charge in [-0.15, -0.1) is 0 Å². The average Bonchev–Trinajstić information content (AvgIpc) is 1.84. The van der Waals surface area contributed by atoms with Crippen LogP contribution in [0.15, 0.2) is 0 Å². The van der Waals surface area contributed by atoms with Gasteiger partial charge in [-0.05, 0) is 26.2 Å². The Bertz CT molecular complexity index is 97.4. The largest absolute Gasteiger partial charge is 0.328 e. The Morgan fingerprint density at radius 3 is 2.60 bits per heavy atom. The van der Waals surface area contributed by atoms with E-state index in [1.165, 1.54) is 19.3 Å². The van der Waals surface area contributed by atoms with Crippen LogP contribution in [0.25, 0.3) is 0 Å². The van der Waals surface area contributed by atoms with Crippen LogP contribution in [0, 0.1) is 0 Å². The highest BCUT2D eigenvalue weighted by atomic mass is 15.0. The highest BCUT2D eigenvalue weighted by Crippen LogP contribution is 2.17. The zero-order valence-corrected chi connectivity index (χ0v) is 6.93. The van der Waals surface area contributed by atoms with E-state index in [0.717, 1.165) is 0 Å². The minimum atomic E-state index is 0.474. The van der Waals surface area contributed by atoms with E-state index < -0.39 is 0 Å². The number of nitrogens with two attached hydrogens (primary N) is 1. The molecule has 0 bridgehead atoms. The molecule has 60 valence electrons. The maximum Gasteiger partial charge on any atom is 0.00990 e. The molecule has 0 aromatic rings. The van der Waals surface area contributed by atoms with E-state index in [0.29, 0.717) is 18.1 Å². The number of nitrogens with one attached hydrogen (secondary N) is 1. The van der Waals surface area contributed by atoms with Gasteiger partial charge in [-0.2, -0.15) is 0 Å². The molecular weight excluding hydrogens is 124 g/mol. The zero-order chi connectivity index (χ0) is 7.56. The monoisotopic (exact) mass is 142 g/mol. The molecule has 0 radical (unpaired) electrons. The van der Waals surface area contributed by atoms with Crippen LogP contribution in [0.2, 0.25) is 0 Å². The Morgan fingerprint density at radius 1 is 1.60 bits per heavy atom. The second kappa shape index (κ2) is 3.35. The summed E-state index contributed by atoms with van der Waals surface area (Å²) in [4.78, 5) is 0. The Hall–Kier alpha value is -0.0800. The van der Waals surface area contributed by atoms with Gasteiger partial charge in [-0.1, -0.05) is 6.92 Å². The van der Waals surface area contributed by atoms with Crippen LogP contribution < -0.4 is 11.1 Å². The molecule has 0 aliphatic heterocycles. The fourth-order valence-corrected chi connectivity index (χ4v) is 1.32. The van der Waals surface area contributed by atoms with Crippen molar-refractivity contribution in [1.29, 1.82) is 0 Å². The first-order valence-corrected chi connectivity index (χ1v) is 4.24. The molecule has 0 spiro atoms. The zero-order valence-electron chi connectivity index (χ0n) is 6.93. The molecule has 0 saturated heterocycles. The molecular formula is C8H18N2. The summed E-state index contributed by atoms with van der Waals surface area (Å²) in [5.41, 5.74) is 5.65. The van der Waals surface area contributed by atoms with Gasteiger partial charge in [0, 0.05) is 18.1 Å². The summed E-state index contributed by atoms with van der Waals surface area (Å²) in [6, 6.07) is 1.85. The summed E-state index contributed by atoms with van der Waals surface area (Å²) in [5.74, 6) is 0. The lowest BCUT2D eigenvalue weighted by molar-refractivity contribution is 0.269. The van der Waals surface area contributed by atoms with Crippen molar-refractivity contribution in [3.05, 3.63) is 0 Å².